The Morgan fingerprint density at radius 3 is 1.77 bits per heavy atom. The van der Waals surface area contributed by atoms with Gasteiger partial charge in [0.25, 0.3) is 0 Å². The highest BCUT2D eigenvalue weighted by atomic mass is 16.3. The number of benzene rings is 8. The molecule has 1 aliphatic rings. The zero-order chi connectivity index (χ0) is 35.5. The molecule has 252 valence electrons. The molecule has 2 nitrogen and oxygen atoms in total. The molecule has 0 bridgehead atoms. The van der Waals surface area contributed by atoms with Gasteiger partial charge in [0.05, 0.1) is 5.69 Å². The first-order valence-corrected chi connectivity index (χ1v) is 18.3. The molecule has 0 atom stereocenters. The molecule has 10 rings (SSSR count). The van der Waals surface area contributed by atoms with Crippen molar-refractivity contribution in [3.8, 4) is 44.5 Å². The van der Waals surface area contributed by atoms with Gasteiger partial charge in [0.1, 0.15) is 11.2 Å². The summed E-state index contributed by atoms with van der Waals surface area (Å²) in [6.45, 7) is 4.74. The van der Waals surface area contributed by atoms with Crippen LogP contribution in [0.4, 0.5) is 17.1 Å². The minimum absolute atomic E-state index is 0.135. The van der Waals surface area contributed by atoms with E-state index in [0.29, 0.717) is 0 Å². The third-order valence-corrected chi connectivity index (χ3v) is 11.0. The summed E-state index contributed by atoms with van der Waals surface area (Å²) in [6.07, 6.45) is 0. The van der Waals surface area contributed by atoms with Crippen molar-refractivity contribution in [3.63, 3.8) is 0 Å². The third-order valence-electron chi connectivity index (χ3n) is 11.0. The Hall–Kier alpha value is -6.64. The monoisotopic (exact) mass is 679 g/mol. The van der Waals surface area contributed by atoms with Gasteiger partial charge in [0, 0.05) is 39.2 Å². The highest BCUT2D eigenvalue weighted by Crippen LogP contribution is 2.54. The van der Waals surface area contributed by atoms with Crippen LogP contribution in [0.3, 0.4) is 0 Å². The number of rotatable bonds is 6. The number of hydrogen-bond donors (Lipinski definition) is 0. The summed E-state index contributed by atoms with van der Waals surface area (Å²) >= 11 is 0. The highest BCUT2D eigenvalue weighted by Gasteiger charge is 2.38. The number of furan rings is 1. The first kappa shape index (κ1) is 31.1. The minimum Gasteiger partial charge on any atom is -0.456 e. The lowest BCUT2D eigenvalue weighted by molar-refractivity contribution is 0.662. The van der Waals surface area contributed by atoms with E-state index in [4.69, 9.17) is 4.42 Å². The van der Waals surface area contributed by atoms with E-state index in [1.165, 1.54) is 50.1 Å². The Kier molecular flexibility index (Phi) is 7.19. The molecular weight excluding hydrogens is 643 g/mol. The van der Waals surface area contributed by atoms with Gasteiger partial charge in [-0.25, -0.2) is 0 Å². The number of hydrogen-bond acceptors (Lipinski definition) is 2. The summed E-state index contributed by atoms with van der Waals surface area (Å²) in [7, 11) is 0. The van der Waals surface area contributed by atoms with Crippen LogP contribution < -0.4 is 4.90 Å². The average molecular weight is 680 g/mol. The molecule has 1 aromatic heterocycles. The Bertz CT molecular complexity index is 2790. The van der Waals surface area contributed by atoms with Gasteiger partial charge in [-0.15, -0.1) is 0 Å². The first-order chi connectivity index (χ1) is 26.0. The molecule has 0 spiro atoms. The van der Waals surface area contributed by atoms with E-state index in [2.05, 4.69) is 195 Å². The molecule has 2 heteroatoms. The Morgan fingerprint density at radius 2 is 0.981 bits per heavy atom. The molecular formula is C51H37NO. The van der Waals surface area contributed by atoms with Gasteiger partial charge in [-0.3, -0.25) is 0 Å². The smallest absolute Gasteiger partial charge is 0.137 e. The second-order valence-electron chi connectivity index (χ2n) is 14.5. The normalized spacial score (nSPS) is 12.9. The number of anilines is 3. The zero-order valence-electron chi connectivity index (χ0n) is 29.8. The number of fused-ring (bicyclic) bond motifs is 6. The lowest BCUT2D eigenvalue weighted by Crippen LogP contribution is -2.16. The maximum atomic E-state index is 6.45. The summed E-state index contributed by atoms with van der Waals surface area (Å²) in [5.41, 5.74) is 17.4. The van der Waals surface area contributed by atoms with Crippen molar-refractivity contribution in [2.75, 3.05) is 4.90 Å². The molecule has 0 N–H and O–H groups in total. The van der Waals surface area contributed by atoms with Gasteiger partial charge < -0.3 is 9.32 Å². The summed E-state index contributed by atoms with van der Waals surface area (Å²) in [5.74, 6) is 0. The van der Waals surface area contributed by atoms with Crippen LogP contribution in [-0.4, -0.2) is 0 Å². The molecule has 9 aromatic rings. The Balaban J connectivity index is 1.20. The minimum atomic E-state index is -0.135. The van der Waals surface area contributed by atoms with Gasteiger partial charge >= 0.3 is 0 Å². The maximum Gasteiger partial charge on any atom is 0.137 e. The summed E-state index contributed by atoms with van der Waals surface area (Å²) < 4.78 is 6.45. The second-order valence-corrected chi connectivity index (χ2v) is 14.5. The molecule has 1 aliphatic carbocycles. The van der Waals surface area contributed by atoms with Gasteiger partial charge in [-0.1, -0.05) is 147 Å². The summed E-state index contributed by atoms with van der Waals surface area (Å²) in [6, 6.07) is 67.8. The molecule has 0 saturated carbocycles. The Morgan fingerprint density at radius 1 is 0.396 bits per heavy atom. The zero-order valence-corrected chi connectivity index (χ0v) is 29.8. The van der Waals surface area contributed by atoms with Gasteiger partial charge in [-0.2, -0.15) is 0 Å². The first-order valence-electron chi connectivity index (χ1n) is 18.3. The molecule has 8 aromatic carbocycles. The van der Waals surface area contributed by atoms with Crippen molar-refractivity contribution >= 4 is 39.0 Å². The lowest BCUT2D eigenvalue weighted by atomic mass is 9.78. The van der Waals surface area contributed by atoms with E-state index in [0.717, 1.165) is 44.6 Å². The van der Waals surface area contributed by atoms with E-state index in [9.17, 15) is 0 Å². The van der Waals surface area contributed by atoms with Crippen molar-refractivity contribution in [2.45, 2.75) is 19.3 Å². The van der Waals surface area contributed by atoms with Crippen molar-refractivity contribution in [1.29, 1.82) is 0 Å². The van der Waals surface area contributed by atoms with Crippen molar-refractivity contribution in [3.05, 3.63) is 199 Å². The van der Waals surface area contributed by atoms with E-state index >= 15 is 0 Å². The van der Waals surface area contributed by atoms with E-state index in [1.807, 2.05) is 12.1 Å². The second kappa shape index (κ2) is 12.3. The number of nitrogens with zero attached hydrogens (tertiary/aromatic N) is 1. The van der Waals surface area contributed by atoms with Crippen LogP contribution >= 0.6 is 0 Å². The quantitative estimate of drug-likeness (QED) is 0.174. The molecule has 53 heavy (non-hydrogen) atoms. The van der Waals surface area contributed by atoms with Gasteiger partial charge in [-0.05, 0) is 98.6 Å². The Labute approximate surface area is 310 Å². The molecule has 1 heterocycles. The fourth-order valence-corrected chi connectivity index (χ4v) is 8.55. The molecule has 0 aliphatic heterocycles. The average Bonchev–Trinajstić information content (AvgIpc) is 3.70. The van der Waals surface area contributed by atoms with Crippen molar-refractivity contribution in [1.82, 2.24) is 0 Å². The molecule has 0 fully saturated rings. The molecule has 0 saturated heterocycles. The van der Waals surface area contributed by atoms with Crippen molar-refractivity contribution < 1.29 is 4.42 Å². The van der Waals surface area contributed by atoms with Crippen LogP contribution in [0, 0.1) is 0 Å². The van der Waals surface area contributed by atoms with Gasteiger partial charge in [0.2, 0.25) is 0 Å². The molecule has 0 radical (unpaired) electrons. The van der Waals surface area contributed by atoms with Crippen LogP contribution in [0.5, 0.6) is 0 Å². The summed E-state index contributed by atoms with van der Waals surface area (Å²) in [4.78, 5) is 2.38. The SMILES string of the molecule is CC1(C)c2ccccc2-c2cc(-c3ccccc3N(c3ccc(-c4ccccc4)cc3)c3ccc4c(c3)oc3ccccc34)cc(-c3ccccc3)c21. The number of para-hydroxylation sites is 2. The van der Waals surface area contributed by atoms with Crippen LogP contribution in [0.25, 0.3) is 66.4 Å². The third kappa shape index (κ3) is 5.10. The van der Waals surface area contributed by atoms with Gasteiger partial charge in [0.15, 0.2) is 0 Å². The molecule has 0 unspecified atom stereocenters. The predicted octanol–water partition coefficient (Wildman–Crippen LogP) is 14.4. The standard InChI is InChI=1S/C51H37NO/c1-51(2)46-22-12-9-20-41(46)45-32-37(31-44(50(45)51)36-17-7-4-8-18-36)40-19-10-13-23-47(40)52(38-27-25-35(26-28-38)34-15-5-3-6-16-34)39-29-30-43-42-21-11-14-24-48(42)53-49(43)33-39/h3-33H,1-2H3. The highest BCUT2D eigenvalue weighted by molar-refractivity contribution is 6.06. The predicted molar refractivity (Wildman–Crippen MR) is 222 cm³/mol. The topological polar surface area (TPSA) is 16.4 Å². The van der Waals surface area contributed by atoms with Crippen LogP contribution in [0.2, 0.25) is 0 Å². The lowest BCUT2D eigenvalue weighted by Gasteiger charge is -2.29. The van der Waals surface area contributed by atoms with Crippen LogP contribution in [0.1, 0.15) is 25.0 Å². The largest absolute Gasteiger partial charge is 0.456 e. The molecule has 0 amide bonds. The van der Waals surface area contributed by atoms with Crippen LogP contribution in [0.15, 0.2) is 192 Å². The van der Waals surface area contributed by atoms with E-state index in [1.54, 1.807) is 0 Å². The van der Waals surface area contributed by atoms with E-state index in [-0.39, 0.29) is 5.41 Å². The summed E-state index contributed by atoms with van der Waals surface area (Å²) in [5, 5.41) is 2.24. The fraction of sp³-hybridized carbons (Fsp3) is 0.0588. The fourth-order valence-electron chi connectivity index (χ4n) is 8.55. The van der Waals surface area contributed by atoms with Crippen LogP contribution in [-0.2, 0) is 5.41 Å². The maximum absolute atomic E-state index is 6.45. The van der Waals surface area contributed by atoms with E-state index < -0.39 is 0 Å². The van der Waals surface area contributed by atoms with Crippen molar-refractivity contribution in [2.24, 2.45) is 0 Å².